The minimum absolute atomic E-state index is 0.309. The number of amides is 1. The van der Waals surface area contributed by atoms with Crippen molar-refractivity contribution in [3.8, 4) is 0 Å². The van der Waals surface area contributed by atoms with Gasteiger partial charge in [0.1, 0.15) is 6.04 Å². The highest BCUT2D eigenvalue weighted by Gasteiger charge is 2.16. The minimum Gasteiger partial charge on any atom is -0.505 e. The van der Waals surface area contributed by atoms with Crippen LogP contribution in [0.3, 0.4) is 0 Å². The van der Waals surface area contributed by atoms with Gasteiger partial charge < -0.3 is 14.8 Å². The van der Waals surface area contributed by atoms with Gasteiger partial charge in [0.05, 0.1) is 20.5 Å². The van der Waals surface area contributed by atoms with Crippen molar-refractivity contribution in [1.29, 1.82) is 0 Å². The van der Waals surface area contributed by atoms with Gasteiger partial charge >= 0.3 is 5.97 Å². The van der Waals surface area contributed by atoms with E-state index in [9.17, 15) is 9.59 Å². The first kappa shape index (κ1) is 11.5. The number of ether oxygens (including phenoxy) is 2. The molecule has 5 nitrogen and oxygen atoms in total. The van der Waals surface area contributed by atoms with Crippen LogP contribution in [0.2, 0.25) is 0 Å². The van der Waals surface area contributed by atoms with E-state index in [1.165, 1.54) is 33.5 Å². The summed E-state index contributed by atoms with van der Waals surface area (Å²) >= 11 is 0. The van der Waals surface area contributed by atoms with Gasteiger partial charge in [0, 0.05) is 6.92 Å². The Morgan fingerprint density at radius 1 is 1.38 bits per heavy atom. The van der Waals surface area contributed by atoms with E-state index in [1.54, 1.807) is 0 Å². The van der Waals surface area contributed by atoms with Crippen LogP contribution in [0.1, 0.15) is 6.92 Å². The molecule has 13 heavy (non-hydrogen) atoms. The highest BCUT2D eigenvalue weighted by atomic mass is 16.5. The molecule has 0 aliphatic heterocycles. The molecule has 0 fully saturated rings. The van der Waals surface area contributed by atoms with Crippen LogP contribution >= 0.6 is 0 Å². The molecule has 0 aromatic rings. The lowest BCUT2D eigenvalue weighted by molar-refractivity contribution is -0.143. The van der Waals surface area contributed by atoms with Crippen LogP contribution in [0.25, 0.3) is 0 Å². The zero-order valence-electron chi connectivity index (χ0n) is 7.87. The average Bonchev–Trinajstić information content (AvgIpc) is 2.10. The van der Waals surface area contributed by atoms with Crippen LogP contribution in [0.15, 0.2) is 12.3 Å². The zero-order chi connectivity index (χ0) is 10.3. The Labute approximate surface area is 76.7 Å². The molecule has 5 heteroatoms. The van der Waals surface area contributed by atoms with Gasteiger partial charge in [-0.15, -0.1) is 0 Å². The molecule has 1 amide bonds. The molecule has 0 spiro atoms. The molecule has 0 radical (unpaired) electrons. The van der Waals surface area contributed by atoms with E-state index < -0.39 is 12.0 Å². The van der Waals surface area contributed by atoms with Crippen molar-refractivity contribution in [3.63, 3.8) is 0 Å². The second-order valence-corrected chi connectivity index (χ2v) is 2.27. The molecular weight excluding hydrogens is 174 g/mol. The number of hydrogen-bond acceptors (Lipinski definition) is 4. The van der Waals surface area contributed by atoms with Crippen molar-refractivity contribution in [2.24, 2.45) is 0 Å². The molecule has 0 aromatic heterocycles. The number of methoxy groups -OCH3 is 2. The maximum Gasteiger partial charge on any atom is 0.332 e. The van der Waals surface area contributed by atoms with E-state index >= 15 is 0 Å². The molecule has 0 aliphatic rings. The molecule has 0 heterocycles. The molecule has 0 aromatic carbocycles. The lowest BCUT2D eigenvalue weighted by Crippen LogP contribution is -2.38. The standard InChI is InChI=1S/C8H13NO4/c1-6(10)9-7(4-5-12-2)8(11)13-3/h4-5,7H,1-3H3,(H,9,10)/b5-4+. The fraction of sp³-hybridized carbons (Fsp3) is 0.500. The normalized spacial score (nSPS) is 12.2. The first-order valence-corrected chi connectivity index (χ1v) is 3.66. The van der Waals surface area contributed by atoms with Crippen LogP contribution in [-0.4, -0.2) is 32.1 Å². The van der Waals surface area contributed by atoms with E-state index in [4.69, 9.17) is 0 Å². The second kappa shape index (κ2) is 6.05. The monoisotopic (exact) mass is 187 g/mol. The molecule has 1 atom stereocenters. The zero-order valence-corrected chi connectivity index (χ0v) is 7.87. The quantitative estimate of drug-likeness (QED) is 0.490. The van der Waals surface area contributed by atoms with Gasteiger partial charge in [0.25, 0.3) is 0 Å². The predicted octanol–water partition coefficient (Wildman–Crippen LogP) is -0.176. The van der Waals surface area contributed by atoms with Crippen LogP contribution < -0.4 is 5.32 Å². The maximum atomic E-state index is 11.0. The average molecular weight is 187 g/mol. The summed E-state index contributed by atoms with van der Waals surface area (Å²) < 4.78 is 9.06. The Balaban J connectivity index is 4.27. The largest absolute Gasteiger partial charge is 0.505 e. The number of hydrogen-bond donors (Lipinski definition) is 1. The van der Waals surface area contributed by atoms with Crippen molar-refractivity contribution < 1.29 is 19.1 Å². The molecular formula is C8H13NO4. The summed E-state index contributed by atoms with van der Waals surface area (Å²) in [5, 5.41) is 2.39. The Kier molecular flexibility index (Phi) is 5.34. The van der Waals surface area contributed by atoms with Crippen molar-refractivity contribution in [2.75, 3.05) is 14.2 Å². The number of esters is 1. The molecule has 0 saturated heterocycles. The molecule has 74 valence electrons. The molecule has 1 N–H and O–H groups in total. The highest BCUT2D eigenvalue weighted by molar-refractivity contribution is 5.84. The number of carbonyl (C=O) groups excluding carboxylic acids is 2. The highest BCUT2D eigenvalue weighted by Crippen LogP contribution is 1.91. The summed E-state index contributed by atoms with van der Waals surface area (Å²) in [6, 6.07) is -0.789. The van der Waals surface area contributed by atoms with Gasteiger partial charge in [-0.25, -0.2) is 4.79 Å². The SMILES string of the molecule is CO/C=C/C(NC(C)=O)C(=O)OC. The molecule has 0 bridgehead atoms. The van der Waals surface area contributed by atoms with E-state index in [-0.39, 0.29) is 5.91 Å². The van der Waals surface area contributed by atoms with Crippen LogP contribution in [0, 0.1) is 0 Å². The van der Waals surface area contributed by atoms with Crippen LogP contribution in [0.4, 0.5) is 0 Å². The Bertz CT molecular complexity index is 212. The fourth-order valence-corrected chi connectivity index (χ4v) is 0.689. The molecule has 0 rings (SSSR count). The fourth-order valence-electron chi connectivity index (χ4n) is 0.689. The van der Waals surface area contributed by atoms with Gasteiger partial charge in [0.2, 0.25) is 5.91 Å². The topological polar surface area (TPSA) is 64.6 Å². The summed E-state index contributed by atoms with van der Waals surface area (Å²) in [5.74, 6) is -0.848. The number of nitrogens with one attached hydrogen (secondary N) is 1. The summed E-state index contributed by atoms with van der Waals surface area (Å²) in [7, 11) is 2.69. The Morgan fingerprint density at radius 3 is 2.38 bits per heavy atom. The Morgan fingerprint density at radius 2 is 2.00 bits per heavy atom. The summed E-state index contributed by atoms with van der Waals surface area (Å²) in [4.78, 5) is 21.7. The summed E-state index contributed by atoms with van der Waals surface area (Å²) in [5.41, 5.74) is 0. The van der Waals surface area contributed by atoms with Crippen molar-refractivity contribution >= 4 is 11.9 Å². The third kappa shape index (κ3) is 4.84. The van der Waals surface area contributed by atoms with Gasteiger partial charge in [0.15, 0.2) is 0 Å². The number of rotatable bonds is 4. The first-order valence-electron chi connectivity index (χ1n) is 3.66. The lowest BCUT2D eigenvalue weighted by atomic mass is 10.3. The summed E-state index contributed by atoms with van der Waals surface area (Å²) in [6.45, 7) is 1.32. The van der Waals surface area contributed by atoms with Gasteiger partial charge in [-0.05, 0) is 6.08 Å². The third-order valence-electron chi connectivity index (χ3n) is 1.22. The van der Waals surface area contributed by atoms with Crippen LogP contribution in [-0.2, 0) is 19.1 Å². The molecule has 1 unspecified atom stereocenters. The van der Waals surface area contributed by atoms with E-state index in [1.807, 2.05) is 0 Å². The van der Waals surface area contributed by atoms with Gasteiger partial charge in [-0.3, -0.25) is 4.79 Å². The van der Waals surface area contributed by atoms with Gasteiger partial charge in [-0.2, -0.15) is 0 Å². The van der Waals surface area contributed by atoms with Crippen molar-refractivity contribution in [1.82, 2.24) is 5.32 Å². The second-order valence-electron chi connectivity index (χ2n) is 2.27. The van der Waals surface area contributed by atoms with E-state index in [0.717, 1.165) is 0 Å². The summed E-state index contributed by atoms with van der Waals surface area (Å²) in [6.07, 6.45) is 2.70. The van der Waals surface area contributed by atoms with Gasteiger partial charge in [-0.1, -0.05) is 0 Å². The lowest BCUT2D eigenvalue weighted by Gasteiger charge is -2.10. The maximum absolute atomic E-state index is 11.0. The Hall–Kier alpha value is -1.52. The number of carbonyl (C=O) groups is 2. The third-order valence-corrected chi connectivity index (χ3v) is 1.22. The van der Waals surface area contributed by atoms with Crippen molar-refractivity contribution in [2.45, 2.75) is 13.0 Å². The van der Waals surface area contributed by atoms with E-state index in [0.29, 0.717) is 0 Å². The molecule has 0 aliphatic carbocycles. The smallest absolute Gasteiger partial charge is 0.332 e. The van der Waals surface area contributed by atoms with E-state index in [2.05, 4.69) is 14.8 Å². The molecule has 0 saturated carbocycles. The van der Waals surface area contributed by atoms with Crippen LogP contribution in [0.5, 0.6) is 0 Å². The predicted molar refractivity (Wildman–Crippen MR) is 45.8 cm³/mol. The first-order chi connectivity index (χ1) is 6.11. The minimum atomic E-state index is -0.789. The van der Waals surface area contributed by atoms with Crippen molar-refractivity contribution in [3.05, 3.63) is 12.3 Å².